The second-order valence-corrected chi connectivity index (χ2v) is 8.60. The van der Waals surface area contributed by atoms with Crippen LogP contribution in [0.15, 0.2) is 43.0 Å². The van der Waals surface area contributed by atoms with Crippen LogP contribution in [0.3, 0.4) is 0 Å². The molecular formula is C22H27ClN4O2. The summed E-state index contributed by atoms with van der Waals surface area (Å²) in [5.74, 6) is 0.829. The van der Waals surface area contributed by atoms with Gasteiger partial charge in [-0.05, 0) is 42.9 Å². The van der Waals surface area contributed by atoms with Crippen LogP contribution >= 0.6 is 11.6 Å². The Kier molecular flexibility index (Phi) is 6.19. The second kappa shape index (κ2) is 8.99. The molecule has 2 aliphatic heterocycles. The number of carbonyl (C=O) groups is 2. The first-order valence-electron chi connectivity index (χ1n) is 10.4. The van der Waals surface area contributed by atoms with Gasteiger partial charge in [0.1, 0.15) is 0 Å². The van der Waals surface area contributed by atoms with Crippen LogP contribution in [0.1, 0.15) is 31.2 Å². The van der Waals surface area contributed by atoms with Gasteiger partial charge in [0, 0.05) is 56.6 Å². The molecule has 2 saturated heterocycles. The van der Waals surface area contributed by atoms with Gasteiger partial charge in [0.25, 0.3) is 0 Å². The third-order valence-corrected chi connectivity index (χ3v) is 6.34. The van der Waals surface area contributed by atoms with Gasteiger partial charge in [0.2, 0.25) is 11.8 Å². The molecule has 0 aliphatic carbocycles. The molecule has 0 radical (unpaired) electrons. The smallest absolute Gasteiger partial charge is 0.227 e. The number of benzene rings is 1. The van der Waals surface area contributed by atoms with Crippen LogP contribution in [0.25, 0.3) is 0 Å². The molecule has 4 rings (SSSR count). The Balaban J connectivity index is 1.30. The van der Waals surface area contributed by atoms with Crippen LogP contribution in [0.5, 0.6) is 0 Å². The van der Waals surface area contributed by atoms with Crippen molar-refractivity contribution >= 4 is 23.4 Å². The zero-order valence-corrected chi connectivity index (χ0v) is 17.3. The number of amides is 2. The normalized spacial score (nSPS) is 20.9. The molecule has 2 aromatic rings. The molecule has 1 aromatic heterocycles. The zero-order valence-electron chi connectivity index (χ0n) is 16.5. The highest BCUT2D eigenvalue weighted by atomic mass is 35.5. The molecule has 0 unspecified atom stereocenters. The van der Waals surface area contributed by atoms with Crippen LogP contribution in [-0.4, -0.2) is 50.8 Å². The lowest BCUT2D eigenvalue weighted by molar-refractivity contribution is -0.144. The van der Waals surface area contributed by atoms with Crippen molar-refractivity contribution in [2.75, 3.05) is 19.6 Å². The van der Waals surface area contributed by atoms with E-state index in [1.54, 1.807) is 6.20 Å². The molecule has 0 bridgehead atoms. The van der Waals surface area contributed by atoms with Crippen molar-refractivity contribution in [1.82, 2.24) is 19.4 Å². The second-order valence-electron chi connectivity index (χ2n) is 8.16. The average Bonchev–Trinajstić information content (AvgIpc) is 3.24. The Morgan fingerprint density at radius 1 is 1.14 bits per heavy atom. The monoisotopic (exact) mass is 414 g/mol. The summed E-state index contributed by atoms with van der Waals surface area (Å²) < 4.78 is 2.11. The quantitative estimate of drug-likeness (QED) is 0.754. The molecule has 0 saturated carbocycles. The first kappa shape index (κ1) is 20.0. The number of rotatable bonds is 5. The van der Waals surface area contributed by atoms with E-state index >= 15 is 0 Å². The van der Waals surface area contributed by atoms with Crippen molar-refractivity contribution in [3.05, 3.63) is 53.6 Å². The molecule has 1 atom stereocenters. The molecule has 2 amide bonds. The molecular weight excluding hydrogens is 388 g/mol. The van der Waals surface area contributed by atoms with E-state index in [1.807, 2.05) is 46.6 Å². The molecule has 0 spiro atoms. The maximum atomic E-state index is 13.1. The Bertz CT molecular complexity index is 829. The number of carbonyl (C=O) groups excluding carboxylic acids is 2. The highest BCUT2D eigenvalue weighted by Crippen LogP contribution is 2.25. The number of imidazole rings is 1. The third-order valence-electron chi connectivity index (χ3n) is 6.09. The predicted octanol–water partition coefficient (Wildman–Crippen LogP) is 3.21. The predicted molar refractivity (Wildman–Crippen MR) is 111 cm³/mol. The molecule has 2 fully saturated rings. The van der Waals surface area contributed by atoms with Crippen LogP contribution in [0.4, 0.5) is 0 Å². The van der Waals surface area contributed by atoms with E-state index in [1.165, 1.54) is 0 Å². The lowest BCUT2D eigenvalue weighted by atomic mass is 9.92. The number of aromatic nitrogens is 2. The fourth-order valence-corrected chi connectivity index (χ4v) is 4.49. The minimum atomic E-state index is -0.0924. The van der Waals surface area contributed by atoms with E-state index < -0.39 is 0 Å². The molecule has 7 heteroatoms. The number of hydrogen-bond donors (Lipinski definition) is 0. The van der Waals surface area contributed by atoms with Gasteiger partial charge < -0.3 is 14.4 Å². The van der Waals surface area contributed by atoms with Crippen LogP contribution in [0, 0.1) is 11.8 Å². The van der Waals surface area contributed by atoms with Crippen molar-refractivity contribution < 1.29 is 9.59 Å². The Hall–Kier alpha value is -2.34. The number of likely N-dealkylation sites (tertiary alicyclic amines) is 2. The third kappa shape index (κ3) is 4.99. The lowest BCUT2D eigenvalue weighted by Gasteiger charge is -2.38. The number of piperidine rings is 2. The molecule has 1 aromatic carbocycles. The number of halogens is 1. The fourth-order valence-electron chi connectivity index (χ4n) is 4.37. The minimum absolute atomic E-state index is 0.0924. The molecule has 6 nitrogen and oxygen atoms in total. The first-order chi connectivity index (χ1) is 14.1. The van der Waals surface area contributed by atoms with Crippen molar-refractivity contribution in [2.45, 2.75) is 38.8 Å². The summed E-state index contributed by atoms with van der Waals surface area (Å²) in [6, 6.07) is 7.54. The van der Waals surface area contributed by atoms with Gasteiger partial charge in [0.15, 0.2) is 0 Å². The summed E-state index contributed by atoms with van der Waals surface area (Å²) in [5, 5.41) is 0.684. The van der Waals surface area contributed by atoms with E-state index in [-0.39, 0.29) is 17.7 Å². The standard InChI is InChI=1S/C22H27ClN4O2/c23-20-4-1-17(2-5-20)14-27-15-19(3-6-21(27)28)22(29)26-10-7-18(8-11-26)13-25-12-9-24-16-25/h1-2,4-5,9,12,16,18-19H,3,6-8,10-11,13-15H2/t19-/m0/s1. The van der Waals surface area contributed by atoms with E-state index in [4.69, 9.17) is 11.6 Å². The van der Waals surface area contributed by atoms with Gasteiger partial charge in [-0.15, -0.1) is 0 Å². The summed E-state index contributed by atoms with van der Waals surface area (Å²) in [6.07, 6.45) is 8.79. The van der Waals surface area contributed by atoms with Crippen molar-refractivity contribution in [1.29, 1.82) is 0 Å². The topological polar surface area (TPSA) is 58.4 Å². The largest absolute Gasteiger partial charge is 0.342 e. The molecule has 0 N–H and O–H groups in total. The van der Waals surface area contributed by atoms with Crippen molar-refractivity contribution in [2.24, 2.45) is 11.8 Å². The minimum Gasteiger partial charge on any atom is -0.342 e. The van der Waals surface area contributed by atoms with Crippen molar-refractivity contribution in [3.63, 3.8) is 0 Å². The molecule has 2 aliphatic rings. The van der Waals surface area contributed by atoms with Crippen LogP contribution in [-0.2, 0) is 22.7 Å². The summed E-state index contributed by atoms with van der Waals surface area (Å²) in [4.78, 5) is 33.4. The highest BCUT2D eigenvalue weighted by Gasteiger charge is 2.34. The number of nitrogens with zero attached hydrogens (tertiary/aromatic N) is 4. The van der Waals surface area contributed by atoms with Gasteiger partial charge in [-0.25, -0.2) is 4.98 Å². The van der Waals surface area contributed by atoms with Gasteiger partial charge in [-0.3, -0.25) is 9.59 Å². The van der Waals surface area contributed by atoms with Gasteiger partial charge in [-0.1, -0.05) is 23.7 Å². The average molecular weight is 415 g/mol. The molecule has 3 heterocycles. The van der Waals surface area contributed by atoms with Crippen molar-refractivity contribution in [3.8, 4) is 0 Å². The summed E-state index contributed by atoms with van der Waals surface area (Å²) in [5.41, 5.74) is 1.04. The van der Waals surface area contributed by atoms with E-state index in [9.17, 15) is 9.59 Å². The van der Waals surface area contributed by atoms with Gasteiger partial charge in [-0.2, -0.15) is 0 Å². The summed E-state index contributed by atoms with van der Waals surface area (Å²) in [6.45, 7) is 3.62. The van der Waals surface area contributed by atoms with Gasteiger partial charge in [0.05, 0.1) is 12.2 Å². The maximum absolute atomic E-state index is 13.1. The van der Waals surface area contributed by atoms with Crippen LogP contribution in [0.2, 0.25) is 5.02 Å². The highest BCUT2D eigenvalue weighted by molar-refractivity contribution is 6.30. The molecule has 154 valence electrons. The zero-order chi connectivity index (χ0) is 20.2. The SMILES string of the molecule is O=C1CC[C@H](C(=O)N2CCC(Cn3ccnc3)CC2)CN1Cc1ccc(Cl)cc1. The summed E-state index contributed by atoms with van der Waals surface area (Å²) >= 11 is 5.95. The maximum Gasteiger partial charge on any atom is 0.227 e. The number of hydrogen-bond acceptors (Lipinski definition) is 3. The first-order valence-corrected chi connectivity index (χ1v) is 10.7. The van der Waals surface area contributed by atoms with Crippen LogP contribution < -0.4 is 0 Å². The summed E-state index contributed by atoms with van der Waals surface area (Å²) in [7, 11) is 0. The Morgan fingerprint density at radius 2 is 1.90 bits per heavy atom. The fraction of sp³-hybridized carbons (Fsp3) is 0.500. The Labute approximate surface area is 176 Å². The van der Waals surface area contributed by atoms with Gasteiger partial charge >= 0.3 is 0 Å². The van der Waals surface area contributed by atoms with E-state index in [2.05, 4.69) is 9.55 Å². The van der Waals surface area contributed by atoms with E-state index in [0.717, 1.165) is 38.0 Å². The Morgan fingerprint density at radius 3 is 2.59 bits per heavy atom. The van der Waals surface area contributed by atoms with E-state index in [0.29, 0.717) is 36.9 Å². The molecule has 29 heavy (non-hydrogen) atoms. The lowest BCUT2D eigenvalue weighted by Crippen LogP contribution is -2.48.